The van der Waals surface area contributed by atoms with E-state index in [2.05, 4.69) is 10.6 Å². The lowest BCUT2D eigenvalue weighted by Crippen LogP contribution is -2.31. The van der Waals surface area contributed by atoms with Gasteiger partial charge in [0, 0.05) is 13.1 Å². The number of hydrogen-bond acceptors (Lipinski definition) is 7. The molecule has 14 heteroatoms. The van der Waals surface area contributed by atoms with E-state index < -0.39 is 43.7 Å². The maximum absolute atomic E-state index is 14.2. The number of nitrogens with one attached hydrogen (secondary N) is 2. The second-order valence-electron chi connectivity index (χ2n) is 7.93. The highest BCUT2D eigenvalue weighted by atomic mass is 19.1. The monoisotopic (exact) mass is 512 g/mol. The molecular formula is C23H20B2F2N2O8. The Labute approximate surface area is 209 Å². The molecule has 3 rings (SSSR count). The minimum Gasteiger partial charge on any atom is -0.478 e. The Morgan fingerprint density at radius 2 is 1.08 bits per heavy atom. The quantitative estimate of drug-likeness (QED) is 0.177. The molecule has 0 saturated carbocycles. The van der Waals surface area contributed by atoms with Gasteiger partial charge in [-0.2, -0.15) is 0 Å². The maximum Gasteiger partial charge on any atom is 0.488 e. The Morgan fingerprint density at radius 1 is 0.676 bits per heavy atom. The van der Waals surface area contributed by atoms with Crippen LogP contribution in [0.25, 0.3) is 0 Å². The van der Waals surface area contributed by atoms with E-state index in [1.807, 2.05) is 0 Å². The number of benzene rings is 3. The van der Waals surface area contributed by atoms with Crippen molar-refractivity contribution in [1.82, 2.24) is 10.6 Å². The fraction of sp³-hybridized carbons (Fsp3) is 0.0870. The van der Waals surface area contributed by atoms with Crippen LogP contribution in [-0.2, 0) is 13.1 Å². The third-order valence-corrected chi connectivity index (χ3v) is 5.28. The largest absolute Gasteiger partial charge is 0.488 e. The summed E-state index contributed by atoms with van der Waals surface area (Å²) in [6.45, 7) is -0.408. The Balaban J connectivity index is 1.72. The molecule has 0 aromatic heterocycles. The first kappa shape index (κ1) is 27.5. The predicted molar refractivity (Wildman–Crippen MR) is 128 cm³/mol. The molecule has 0 radical (unpaired) electrons. The van der Waals surface area contributed by atoms with Crippen molar-refractivity contribution < 1.29 is 48.4 Å². The molecule has 2 amide bonds. The van der Waals surface area contributed by atoms with Crippen molar-refractivity contribution in [2.45, 2.75) is 13.1 Å². The van der Waals surface area contributed by atoms with Crippen molar-refractivity contribution in [2.75, 3.05) is 0 Å². The number of aromatic carboxylic acids is 1. The zero-order valence-electron chi connectivity index (χ0n) is 19.0. The van der Waals surface area contributed by atoms with Crippen LogP contribution in [0.1, 0.15) is 42.2 Å². The van der Waals surface area contributed by atoms with Crippen LogP contribution in [0.2, 0.25) is 0 Å². The number of rotatable bonds is 9. The molecule has 0 bridgehead atoms. The Bertz CT molecular complexity index is 1260. The van der Waals surface area contributed by atoms with Gasteiger partial charge in [0.25, 0.3) is 11.8 Å². The molecule has 3 aromatic rings. The van der Waals surface area contributed by atoms with Gasteiger partial charge in [0.2, 0.25) is 0 Å². The van der Waals surface area contributed by atoms with Crippen LogP contribution < -0.4 is 21.6 Å². The van der Waals surface area contributed by atoms with E-state index in [-0.39, 0.29) is 40.7 Å². The van der Waals surface area contributed by atoms with Gasteiger partial charge in [-0.3, -0.25) is 9.59 Å². The molecule has 0 fully saturated rings. The summed E-state index contributed by atoms with van der Waals surface area (Å²) in [5, 5.41) is 50.6. The summed E-state index contributed by atoms with van der Waals surface area (Å²) in [5.74, 6) is -4.92. The third kappa shape index (κ3) is 6.98. The van der Waals surface area contributed by atoms with Crippen LogP contribution in [0.15, 0.2) is 54.6 Å². The van der Waals surface area contributed by atoms with Gasteiger partial charge in [0.15, 0.2) is 0 Å². The molecule has 0 aliphatic heterocycles. The SMILES string of the molecule is O=C(O)c1cc(CNC(=O)c2ccc(B(O)O)cc2F)cc(CNC(=O)c2ccc(B(O)O)cc2F)c1. The maximum atomic E-state index is 14.2. The zero-order chi connectivity index (χ0) is 27.3. The van der Waals surface area contributed by atoms with Gasteiger partial charge in [-0.15, -0.1) is 0 Å². The first-order chi connectivity index (χ1) is 17.5. The molecule has 0 atom stereocenters. The molecule has 37 heavy (non-hydrogen) atoms. The third-order valence-electron chi connectivity index (χ3n) is 5.28. The summed E-state index contributed by atoms with van der Waals surface area (Å²) in [6, 6.07) is 10.1. The Morgan fingerprint density at radius 3 is 1.41 bits per heavy atom. The van der Waals surface area contributed by atoms with Crippen molar-refractivity contribution in [3.8, 4) is 0 Å². The highest BCUT2D eigenvalue weighted by Crippen LogP contribution is 2.13. The molecular weight excluding hydrogens is 492 g/mol. The van der Waals surface area contributed by atoms with E-state index in [4.69, 9.17) is 20.1 Å². The second kappa shape index (κ2) is 11.8. The Hall–Kier alpha value is -4.10. The van der Waals surface area contributed by atoms with E-state index in [1.54, 1.807) is 0 Å². The normalized spacial score (nSPS) is 10.5. The molecule has 7 N–H and O–H groups in total. The predicted octanol–water partition coefficient (Wildman–Crippen LogP) is -1.12. The van der Waals surface area contributed by atoms with Gasteiger partial charge >= 0.3 is 20.2 Å². The molecule has 0 unspecified atom stereocenters. The lowest BCUT2D eigenvalue weighted by Gasteiger charge is -2.12. The minimum absolute atomic E-state index is 0.142. The number of carboxylic acid groups (broad SMARTS) is 1. The van der Waals surface area contributed by atoms with E-state index in [0.29, 0.717) is 11.1 Å². The summed E-state index contributed by atoms with van der Waals surface area (Å²) < 4.78 is 28.3. The average molecular weight is 512 g/mol. The smallest absolute Gasteiger partial charge is 0.478 e. The number of halogens is 2. The van der Waals surface area contributed by atoms with Crippen LogP contribution >= 0.6 is 0 Å². The lowest BCUT2D eigenvalue weighted by atomic mass is 9.80. The van der Waals surface area contributed by atoms with E-state index >= 15 is 0 Å². The highest BCUT2D eigenvalue weighted by Gasteiger charge is 2.19. The fourth-order valence-electron chi connectivity index (χ4n) is 3.40. The van der Waals surface area contributed by atoms with Crippen LogP contribution in [0.4, 0.5) is 8.78 Å². The standard InChI is InChI=1S/C23H20B2F2N2O8/c26-19-8-15(24(34)35)1-3-17(19)21(30)28-10-12-5-13(7-14(6-12)23(32)33)11-29-22(31)18-4-2-16(25(36)37)9-20(18)27/h1-9,34-37H,10-11H2,(H,28,30)(H,29,31)(H,32,33). The highest BCUT2D eigenvalue weighted by molar-refractivity contribution is 6.59. The first-order valence-electron chi connectivity index (χ1n) is 10.7. The molecule has 10 nitrogen and oxygen atoms in total. The fourth-order valence-corrected chi connectivity index (χ4v) is 3.40. The topological polar surface area (TPSA) is 176 Å². The van der Waals surface area contributed by atoms with Gasteiger partial charge in [0.1, 0.15) is 11.6 Å². The van der Waals surface area contributed by atoms with Crippen LogP contribution in [0.5, 0.6) is 0 Å². The van der Waals surface area contributed by atoms with Crippen molar-refractivity contribution in [3.63, 3.8) is 0 Å². The molecule has 0 aliphatic carbocycles. The first-order valence-corrected chi connectivity index (χ1v) is 10.7. The van der Waals surface area contributed by atoms with E-state index in [1.165, 1.54) is 18.2 Å². The molecule has 0 spiro atoms. The average Bonchev–Trinajstić information content (AvgIpc) is 2.85. The van der Waals surface area contributed by atoms with Gasteiger partial charge in [0.05, 0.1) is 16.7 Å². The van der Waals surface area contributed by atoms with Crippen molar-refractivity contribution in [3.05, 3.63) is 94.0 Å². The summed E-state index contributed by atoms with van der Waals surface area (Å²) in [5.41, 5.74) is -0.550. The lowest BCUT2D eigenvalue weighted by molar-refractivity contribution is 0.0696. The molecule has 0 saturated heterocycles. The van der Waals surface area contributed by atoms with Gasteiger partial charge in [-0.1, -0.05) is 18.2 Å². The minimum atomic E-state index is -1.91. The number of hydrogen-bond donors (Lipinski definition) is 7. The molecule has 0 heterocycles. The summed E-state index contributed by atoms with van der Waals surface area (Å²) in [6.07, 6.45) is 0. The van der Waals surface area contributed by atoms with Gasteiger partial charge in [-0.05, 0) is 58.5 Å². The number of carbonyl (C=O) groups excluding carboxylic acids is 2. The molecule has 3 aromatic carbocycles. The van der Waals surface area contributed by atoms with E-state index in [0.717, 1.165) is 36.4 Å². The molecule has 0 aliphatic rings. The number of carboxylic acids is 1. The summed E-state index contributed by atoms with van der Waals surface area (Å²) >= 11 is 0. The Kier molecular flexibility index (Phi) is 8.73. The van der Waals surface area contributed by atoms with Crippen LogP contribution in [0, 0.1) is 11.6 Å². The van der Waals surface area contributed by atoms with E-state index in [9.17, 15) is 28.3 Å². The summed E-state index contributed by atoms with van der Waals surface area (Å²) in [7, 11) is -3.82. The zero-order valence-corrected chi connectivity index (χ0v) is 19.0. The van der Waals surface area contributed by atoms with Crippen LogP contribution in [0.3, 0.4) is 0 Å². The van der Waals surface area contributed by atoms with Crippen LogP contribution in [-0.4, -0.2) is 57.2 Å². The van der Waals surface area contributed by atoms with Gasteiger partial charge < -0.3 is 35.8 Å². The van der Waals surface area contributed by atoms with Crippen molar-refractivity contribution in [2.24, 2.45) is 0 Å². The second-order valence-corrected chi connectivity index (χ2v) is 7.93. The van der Waals surface area contributed by atoms with Crippen molar-refractivity contribution >= 4 is 42.9 Å². The van der Waals surface area contributed by atoms with Crippen molar-refractivity contribution in [1.29, 1.82) is 0 Å². The number of carbonyl (C=O) groups is 3. The molecule has 190 valence electrons. The number of amides is 2. The van der Waals surface area contributed by atoms with Gasteiger partial charge in [-0.25, -0.2) is 13.6 Å². The summed E-state index contributed by atoms with van der Waals surface area (Å²) in [4.78, 5) is 36.3.